The second kappa shape index (κ2) is 5.00. The van der Waals surface area contributed by atoms with Crippen molar-refractivity contribution in [2.24, 2.45) is 0 Å². The number of benzene rings is 1. The van der Waals surface area contributed by atoms with Crippen molar-refractivity contribution in [3.8, 4) is 17.7 Å². The number of ether oxygens (including phenoxy) is 1. The van der Waals surface area contributed by atoms with Crippen LogP contribution in [0.5, 0.6) is 11.6 Å². The van der Waals surface area contributed by atoms with Gasteiger partial charge in [-0.05, 0) is 18.2 Å². The molecular weight excluding hydrogens is 261 g/mol. The first-order chi connectivity index (χ1) is 8.17. The highest BCUT2D eigenvalue weighted by atomic mass is 35.5. The fourth-order valence-electron chi connectivity index (χ4n) is 1.13. The molecule has 0 saturated heterocycles. The molecule has 4 nitrogen and oxygen atoms in total. The standard InChI is InChI=1S/C11H5Cl2N3O/c12-7-1-8(13)3-10(2-7)17-11-6-15-9(4-14)5-16-11/h1-3,5-6H. The molecule has 0 atom stereocenters. The lowest BCUT2D eigenvalue weighted by Gasteiger charge is -2.04. The summed E-state index contributed by atoms with van der Waals surface area (Å²) in [7, 11) is 0. The van der Waals surface area contributed by atoms with E-state index in [1.54, 1.807) is 18.2 Å². The zero-order valence-corrected chi connectivity index (χ0v) is 9.90. The molecule has 1 heterocycles. The van der Waals surface area contributed by atoms with Gasteiger partial charge >= 0.3 is 0 Å². The van der Waals surface area contributed by atoms with Crippen LogP contribution in [0.1, 0.15) is 5.69 Å². The number of aromatic nitrogens is 2. The van der Waals surface area contributed by atoms with E-state index in [0.717, 1.165) is 0 Å². The maximum atomic E-state index is 8.56. The molecular formula is C11H5Cl2N3O. The van der Waals surface area contributed by atoms with Crippen LogP contribution in [0.3, 0.4) is 0 Å². The zero-order chi connectivity index (χ0) is 12.3. The summed E-state index contributed by atoms with van der Waals surface area (Å²) in [5, 5.41) is 9.50. The lowest BCUT2D eigenvalue weighted by atomic mass is 10.3. The summed E-state index contributed by atoms with van der Waals surface area (Å²) in [6, 6.07) is 6.67. The van der Waals surface area contributed by atoms with Gasteiger partial charge < -0.3 is 4.74 Å². The maximum Gasteiger partial charge on any atom is 0.237 e. The summed E-state index contributed by atoms with van der Waals surface area (Å²) >= 11 is 11.6. The second-order valence-electron chi connectivity index (χ2n) is 3.06. The average molecular weight is 266 g/mol. The van der Waals surface area contributed by atoms with Crippen molar-refractivity contribution in [2.75, 3.05) is 0 Å². The van der Waals surface area contributed by atoms with Crippen LogP contribution in [-0.2, 0) is 0 Å². The first kappa shape index (κ1) is 11.6. The molecule has 2 rings (SSSR count). The van der Waals surface area contributed by atoms with E-state index in [0.29, 0.717) is 15.8 Å². The van der Waals surface area contributed by atoms with E-state index in [1.807, 2.05) is 6.07 Å². The average Bonchev–Trinajstić information content (AvgIpc) is 2.28. The predicted octanol–water partition coefficient (Wildman–Crippen LogP) is 3.45. The molecule has 17 heavy (non-hydrogen) atoms. The van der Waals surface area contributed by atoms with Gasteiger partial charge in [-0.2, -0.15) is 5.26 Å². The van der Waals surface area contributed by atoms with Gasteiger partial charge in [0.2, 0.25) is 5.88 Å². The maximum absolute atomic E-state index is 8.56. The third-order valence-electron chi connectivity index (χ3n) is 1.80. The smallest absolute Gasteiger partial charge is 0.237 e. The summed E-state index contributed by atoms with van der Waals surface area (Å²) in [6.45, 7) is 0. The minimum Gasteiger partial charge on any atom is -0.437 e. The van der Waals surface area contributed by atoms with Gasteiger partial charge in [0.05, 0.1) is 12.4 Å². The summed E-state index contributed by atoms with van der Waals surface area (Å²) in [6.07, 6.45) is 2.68. The molecule has 6 heteroatoms. The minimum atomic E-state index is 0.224. The van der Waals surface area contributed by atoms with Crippen LogP contribution >= 0.6 is 23.2 Å². The lowest BCUT2D eigenvalue weighted by molar-refractivity contribution is 0.460. The van der Waals surface area contributed by atoms with Gasteiger partial charge in [-0.25, -0.2) is 9.97 Å². The van der Waals surface area contributed by atoms with Crippen LogP contribution in [0.2, 0.25) is 10.0 Å². The number of nitriles is 1. The molecule has 0 aliphatic heterocycles. The highest BCUT2D eigenvalue weighted by molar-refractivity contribution is 6.34. The Balaban J connectivity index is 2.22. The van der Waals surface area contributed by atoms with E-state index in [1.165, 1.54) is 12.4 Å². The van der Waals surface area contributed by atoms with Gasteiger partial charge in [-0.1, -0.05) is 23.2 Å². The summed E-state index contributed by atoms with van der Waals surface area (Å²) in [4.78, 5) is 7.73. The Hall–Kier alpha value is -1.83. The molecule has 0 unspecified atom stereocenters. The van der Waals surface area contributed by atoms with Gasteiger partial charge in [0, 0.05) is 10.0 Å². The van der Waals surface area contributed by atoms with Gasteiger partial charge in [0.1, 0.15) is 11.8 Å². The molecule has 0 saturated carbocycles. The first-order valence-corrected chi connectivity index (χ1v) is 5.29. The Labute approximate surface area is 107 Å². The van der Waals surface area contributed by atoms with E-state index in [-0.39, 0.29) is 11.6 Å². The molecule has 1 aromatic carbocycles. The molecule has 0 aliphatic rings. The van der Waals surface area contributed by atoms with Crippen molar-refractivity contribution >= 4 is 23.2 Å². The SMILES string of the molecule is N#Cc1cnc(Oc2cc(Cl)cc(Cl)c2)cn1. The summed E-state index contributed by atoms with van der Waals surface area (Å²) < 4.78 is 5.39. The fraction of sp³-hybridized carbons (Fsp3) is 0. The van der Waals surface area contributed by atoms with Gasteiger partial charge in [0.25, 0.3) is 0 Å². The minimum absolute atomic E-state index is 0.224. The highest BCUT2D eigenvalue weighted by Crippen LogP contribution is 2.27. The zero-order valence-electron chi connectivity index (χ0n) is 8.39. The number of nitrogens with zero attached hydrogens (tertiary/aromatic N) is 3. The molecule has 0 spiro atoms. The monoisotopic (exact) mass is 265 g/mol. The van der Waals surface area contributed by atoms with Crippen LogP contribution in [0.15, 0.2) is 30.6 Å². The van der Waals surface area contributed by atoms with E-state index < -0.39 is 0 Å². The van der Waals surface area contributed by atoms with Gasteiger partial charge in [-0.15, -0.1) is 0 Å². The van der Waals surface area contributed by atoms with Crippen LogP contribution < -0.4 is 4.74 Å². The molecule has 0 bridgehead atoms. The van der Waals surface area contributed by atoms with Crippen molar-refractivity contribution in [1.29, 1.82) is 5.26 Å². The fourth-order valence-corrected chi connectivity index (χ4v) is 1.64. The summed E-state index contributed by atoms with van der Waals surface area (Å²) in [5.74, 6) is 0.726. The van der Waals surface area contributed by atoms with E-state index >= 15 is 0 Å². The van der Waals surface area contributed by atoms with Gasteiger partial charge in [-0.3, -0.25) is 0 Å². The Morgan fingerprint density at radius 3 is 2.29 bits per heavy atom. The quantitative estimate of drug-likeness (QED) is 0.835. The molecule has 0 N–H and O–H groups in total. The molecule has 1 aromatic heterocycles. The topological polar surface area (TPSA) is 58.8 Å². The Morgan fingerprint density at radius 1 is 1.06 bits per heavy atom. The largest absolute Gasteiger partial charge is 0.437 e. The summed E-state index contributed by atoms with van der Waals surface area (Å²) in [5.41, 5.74) is 0.224. The van der Waals surface area contributed by atoms with Gasteiger partial charge in [0.15, 0.2) is 5.69 Å². The number of halogens is 2. The van der Waals surface area contributed by atoms with Crippen LogP contribution in [0, 0.1) is 11.3 Å². The number of rotatable bonds is 2. The molecule has 0 aliphatic carbocycles. The Morgan fingerprint density at radius 2 is 1.76 bits per heavy atom. The van der Waals surface area contributed by atoms with Crippen LogP contribution in [0.4, 0.5) is 0 Å². The van der Waals surface area contributed by atoms with Crippen molar-refractivity contribution in [3.63, 3.8) is 0 Å². The van der Waals surface area contributed by atoms with Crippen molar-refractivity contribution in [2.45, 2.75) is 0 Å². The number of hydrogen-bond donors (Lipinski definition) is 0. The third kappa shape index (κ3) is 3.06. The molecule has 84 valence electrons. The molecule has 0 amide bonds. The van der Waals surface area contributed by atoms with Crippen molar-refractivity contribution in [3.05, 3.63) is 46.3 Å². The molecule has 0 radical (unpaired) electrons. The second-order valence-corrected chi connectivity index (χ2v) is 3.93. The highest BCUT2D eigenvalue weighted by Gasteiger charge is 2.03. The Kier molecular flexibility index (Phi) is 3.43. The molecule has 2 aromatic rings. The normalized spacial score (nSPS) is 9.71. The first-order valence-electron chi connectivity index (χ1n) is 4.53. The number of hydrogen-bond acceptors (Lipinski definition) is 4. The Bertz CT molecular complexity index is 558. The lowest BCUT2D eigenvalue weighted by Crippen LogP contribution is -1.91. The molecule has 0 fully saturated rings. The van der Waals surface area contributed by atoms with E-state index in [2.05, 4.69) is 9.97 Å². The van der Waals surface area contributed by atoms with Crippen LogP contribution in [0.25, 0.3) is 0 Å². The van der Waals surface area contributed by atoms with Crippen molar-refractivity contribution in [1.82, 2.24) is 9.97 Å². The van der Waals surface area contributed by atoms with E-state index in [4.69, 9.17) is 33.2 Å². The van der Waals surface area contributed by atoms with Crippen LogP contribution in [-0.4, -0.2) is 9.97 Å². The van der Waals surface area contributed by atoms with Crippen molar-refractivity contribution < 1.29 is 4.74 Å². The predicted molar refractivity (Wildman–Crippen MR) is 63.3 cm³/mol. The van der Waals surface area contributed by atoms with E-state index in [9.17, 15) is 0 Å². The third-order valence-corrected chi connectivity index (χ3v) is 2.24.